The van der Waals surface area contributed by atoms with Crippen LogP contribution in [0.5, 0.6) is 0 Å². The average molecular weight is 212 g/mol. The molecule has 14 heavy (non-hydrogen) atoms. The van der Waals surface area contributed by atoms with Gasteiger partial charge in [0.15, 0.2) is 0 Å². The molecule has 0 bridgehead atoms. The summed E-state index contributed by atoms with van der Waals surface area (Å²) < 4.78 is 25.3. The summed E-state index contributed by atoms with van der Waals surface area (Å²) >= 11 is 0. The predicted octanol–water partition coefficient (Wildman–Crippen LogP) is 0.863. The Labute approximate surface area is 83.6 Å². The van der Waals surface area contributed by atoms with E-state index in [2.05, 4.69) is 4.98 Å². The largest absolute Gasteiger partial charge is 0.265 e. The van der Waals surface area contributed by atoms with E-state index in [9.17, 15) is 8.42 Å². The van der Waals surface area contributed by atoms with Crippen molar-refractivity contribution >= 4 is 10.0 Å². The van der Waals surface area contributed by atoms with Gasteiger partial charge in [0.1, 0.15) is 0 Å². The SMILES string of the molecule is C[C@@H]1[C@H](C)N1S(=O)(=O)c1ccncc1. The van der Waals surface area contributed by atoms with Crippen LogP contribution in [0.1, 0.15) is 13.8 Å². The van der Waals surface area contributed by atoms with Gasteiger partial charge < -0.3 is 0 Å². The van der Waals surface area contributed by atoms with Gasteiger partial charge in [0.2, 0.25) is 10.0 Å². The summed E-state index contributed by atoms with van der Waals surface area (Å²) in [5.74, 6) is 0. The summed E-state index contributed by atoms with van der Waals surface area (Å²) in [6.45, 7) is 3.81. The molecule has 1 fully saturated rings. The lowest BCUT2D eigenvalue weighted by Crippen LogP contribution is -2.14. The molecule has 0 N–H and O–H groups in total. The van der Waals surface area contributed by atoms with Crippen LogP contribution in [0.3, 0.4) is 0 Å². The van der Waals surface area contributed by atoms with Crippen molar-refractivity contribution in [2.45, 2.75) is 30.8 Å². The molecule has 1 aliphatic heterocycles. The first-order chi connectivity index (χ1) is 6.55. The minimum absolute atomic E-state index is 0.119. The molecule has 4 nitrogen and oxygen atoms in total. The van der Waals surface area contributed by atoms with E-state index in [4.69, 9.17) is 0 Å². The van der Waals surface area contributed by atoms with E-state index in [1.54, 1.807) is 0 Å². The van der Waals surface area contributed by atoms with Crippen LogP contribution in [0.4, 0.5) is 0 Å². The monoisotopic (exact) mass is 212 g/mol. The molecule has 0 saturated carbocycles. The standard InChI is InChI=1S/C9H12N2O2S/c1-7-8(2)11(7)14(12,13)9-3-5-10-6-4-9/h3-8H,1-2H3/t7-,8+,11?. The number of pyridine rings is 1. The van der Waals surface area contributed by atoms with Crippen LogP contribution < -0.4 is 0 Å². The number of aromatic nitrogens is 1. The van der Waals surface area contributed by atoms with E-state index in [0.29, 0.717) is 4.90 Å². The lowest BCUT2D eigenvalue weighted by molar-refractivity contribution is 0.549. The van der Waals surface area contributed by atoms with E-state index in [-0.39, 0.29) is 12.1 Å². The molecule has 0 radical (unpaired) electrons. The van der Waals surface area contributed by atoms with Crippen LogP contribution in [0, 0.1) is 0 Å². The molecule has 0 amide bonds. The van der Waals surface area contributed by atoms with Gasteiger partial charge in [0.05, 0.1) is 4.90 Å². The fourth-order valence-corrected chi connectivity index (χ4v) is 3.42. The molecule has 0 aromatic carbocycles. The molecule has 1 unspecified atom stereocenters. The maximum atomic E-state index is 11.9. The summed E-state index contributed by atoms with van der Waals surface area (Å²) in [5, 5.41) is 0. The van der Waals surface area contributed by atoms with Crippen LogP contribution in [-0.4, -0.2) is 29.8 Å². The van der Waals surface area contributed by atoms with Crippen molar-refractivity contribution in [1.29, 1.82) is 0 Å². The zero-order valence-electron chi connectivity index (χ0n) is 8.08. The second kappa shape index (κ2) is 3.03. The summed E-state index contributed by atoms with van der Waals surface area (Å²) in [7, 11) is -3.27. The molecule has 1 aromatic heterocycles. The molecule has 1 aromatic rings. The molecule has 2 heterocycles. The predicted molar refractivity (Wildman–Crippen MR) is 52.2 cm³/mol. The van der Waals surface area contributed by atoms with Crippen LogP contribution in [0.15, 0.2) is 29.4 Å². The van der Waals surface area contributed by atoms with Crippen molar-refractivity contribution in [2.75, 3.05) is 0 Å². The number of nitrogens with zero attached hydrogens (tertiary/aromatic N) is 2. The third-order valence-electron chi connectivity index (χ3n) is 2.64. The third-order valence-corrected chi connectivity index (χ3v) is 4.72. The Bertz CT molecular complexity index is 421. The van der Waals surface area contributed by atoms with E-state index in [0.717, 1.165) is 0 Å². The zero-order chi connectivity index (χ0) is 10.3. The first kappa shape index (κ1) is 9.61. The maximum absolute atomic E-state index is 11.9. The Morgan fingerprint density at radius 2 is 1.71 bits per heavy atom. The number of hydrogen-bond donors (Lipinski definition) is 0. The van der Waals surface area contributed by atoms with E-state index in [1.165, 1.54) is 28.8 Å². The Balaban J connectivity index is 2.36. The van der Waals surface area contributed by atoms with Crippen molar-refractivity contribution in [1.82, 2.24) is 9.29 Å². The quantitative estimate of drug-likeness (QED) is 0.683. The Kier molecular flexibility index (Phi) is 2.08. The topological polar surface area (TPSA) is 50.0 Å². The highest BCUT2D eigenvalue weighted by atomic mass is 32.2. The van der Waals surface area contributed by atoms with Gasteiger partial charge in [-0.3, -0.25) is 4.98 Å². The second-order valence-corrected chi connectivity index (χ2v) is 5.34. The molecule has 5 heteroatoms. The highest BCUT2D eigenvalue weighted by molar-refractivity contribution is 7.89. The van der Waals surface area contributed by atoms with Gasteiger partial charge >= 0.3 is 0 Å². The third kappa shape index (κ3) is 1.33. The van der Waals surface area contributed by atoms with Crippen molar-refractivity contribution in [3.8, 4) is 0 Å². The van der Waals surface area contributed by atoms with Crippen LogP contribution in [-0.2, 0) is 10.0 Å². The average Bonchev–Trinajstić information content (AvgIpc) is 2.77. The smallest absolute Gasteiger partial charge is 0.243 e. The second-order valence-electron chi connectivity index (χ2n) is 3.50. The summed E-state index contributed by atoms with van der Waals surface area (Å²) in [6.07, 6.45) is 2.98. The van der Waals surface area contributed by atoms with Crippen molar-refractivity contribution in [2.24, 2.45) is 0 Å². The Morgan fingerprint density at radius 1 is 1.21 bits per heavy atom. The Hall–Kier alpha value is -0.940. The van der Waals surface area contributed by atoms with Crippen LogP contribution >= 0.6 is 0 Å². The van der Waals surface area contributed by atoms with Crippen LogP contribution in [0.25, 0.3) is 0 Å². The molecule has 0 spiro atoms. The fraction of sp³-hybridized carbons (Fsp3) is 0.444. The zero-order valence-corrected chi connectivity index (χ0v) is 8.90. The molecule has 3 atom stereocenters. The Morgan fingerprint density at radius 3 is 2.14 bits per heavy atom. The number of hydrogen-bond acceptors (Lipinski definition) is 3. The van der Waals surface area contributed by atoms with Gasteiger partial charge in [-0.15, -0.1) is 0 Å². The maximum Gasteiger partial charge on any atom is 0.243 e. The van der Waals surface area contributed by atoms with Gasteiger partial charge in [0, 0.05) is 24.5 Å². The lowest BCUT2D eigenvalue weighted by atomic mass is 10.4. The lowest BCUT2D eigenvalue weighted by Gasteiger charge is -2.04. The highest BCUT2D eigenvalue weighted by Crippen LogP contribution is 2.34. The normalized spacial score (nSPS) is 31.4. The van der Waals surface area contributed by atoms with Crippen molar-refractivity contribution in [3.05, 3.63) is 24.5 Å². The van der Waals surface area contributed by atoms with Gasteiger partial charge in [-0.2, -0.15) is 4.31 Å². The number of sulfonamides is 1. The molecular weight excluding hydrogens is 200 g/mol. The molecular formula is C9H12N2O2S. The molecule has 1 saturated heterocycles. The minimum Gasteiger partial charge on any atom is -0.265 e. The first-order valence-electron chi connectivity index (χ1n) is 4.48. The highest BCUT2D eigenvalue weighted by Gasteiger charge is 2.49. The number of rotatable bonds is 2. The molecule has 76 valence electrons. The summed E-state index contributed by atoms with van der Waals surface area (Å²) in [6, 6.07) is 3.28. The van der Waals surface area contributed by atoms with Crippen LogP contribution in [0.2, 0.25) is 0 Å². The van der Waals surface area contributed by atoms with E-state index < -0.39 is 10.0 Å². The minimum atomic E-state index is -3.27. The summed E-state index contributed by atoms with van der Waals surface area (Å²) in [4.78, 5) is 4.12. The molecule has 0 aliphatic carbocycles. The molecule has 2 rings (SSSR count). The molecule has 1 aliphatic rings. The van der Waals surface area contributed by atoms with Crippen molar-refractivity contribution in [3.63, 3.8) is 0 Å². The van der Waals surface area contributed by atoms with E-state index >= 15 is 0 Å². The van der Waals surface area contributed by atoms with Gasteiger partial charge in [-0.05, 0) is 26.0 Å². The fourth-order valence-electron chi connectivity index (χ4n) is 1.54. The van der Waals surface area contributed by atoms with Gasteiger partial charge in [-0.1, -0.05) is 0 Å². The van der Waals surface area contributed by atoms with Gasteiger partial charge in [0.25, 0.3) is 0 Å². The first-order valence-corrected chi connectivity index (χ1v) is 5.92. The van der Waals surface area contributed by atoms with Gasteiger partial charge in [-0.25, -0.2) is 8.42 Å². The van der Waals surface area contributed by atoms with Crippen molar-refractivity contribution < 1.29 is 8.42 Å². The van der Waals surface area contributed by atoms with E-state index in [1.807, 2.05) is 13.8 Å². The summed E-state index contributed by atoms with van der Waals surface area (Å²) in [5.41, 5.74) is 0.